The second kappa shape index (κ2) is 7.05. The molecule has 1 saturated heterocycles. The van der Waals surface area contributed by atoms with Crippen LogP contribution in [0.4, 0.5) is 11.5 Å². The van der Waals surface area contributed by atoms with Crippen LogP contribution in [-0.2, 0) is 11.2 Å². The van der Waals surface area contributed by atoms with Gasteiger partial charge in [-0.2, -0.15) is 15.2 Å². The molecule has 2 aromatic carbocycles. The molecule has 1 spiro atoms. The minimum atomic E-state index is -0.640. The van der Waals surface area contributed by atoms with Crippen molar-refractivity contribution in [1.29, 1.82) is 0 Å². The summed E-state index contributed by atoms with van der Waals surface area (Å²) in [5.74, 6) is 1.25. The summed E-state index contributed by atoms with van der Waals surface area (Å²) in [5.41, 5.74) is 4.33. The standard InChI is InChI=1S/C26H27N5O/c1-18-22-17-26(19(2)28-31(25(26)32)21-13-7-4-8-14-21)23-15-9-10-16-29(23)24(22)30(27-18)20-11-5-3-6-12-20/h3-8,11-14,23H,9-10,15-17H2,1-2H3/t23-,26-/m0/s1. The van der Waals surface area contributed by atoms with Gasteiger partial charge in [-0.05, 0) is 63.8 Å². The maximum absolute atomic E-state index is 14.1. The van der Waals surface area contributed by atoms with Gasteiger partial charge in [0.05, 0.1) is 28.8 Å². The molecule has 0 radical (unpaired) electrons. The number of para-hydroxylation sites is 2. The number of rotatable bonds is 2. The van der Waals surface area contributed by atoms with Gasteiger partial charge in [0.15, 0.2) is 0 Å². The molecule has 6 nitrogen and oxygen atoms in total. The molecular weight excluding hydrogens is 398 g/mol. The van der Waals surface area contributed by atoms with E-state index < -0.39 is 5.41 Å². The number of hydrogen-bond acceptors (Lipinski definition) is 4. The fourth-order valence-electron chi connectivity index (χ4n) is 5.85. The minimum absolute atomic E-state index is 0.0901. The average molecular weight is 426 g/mol. The van der Waals surface area contributed by atoms with Gasteiger partial charge in [-0.15, -0.1) is 0 Å². The Kier molecular flexibility index (Phi) is 4.25. The number of hydrazone groups is 1. The quantitative estimate of drug-likeness (QED) is 0.607. The van der Waals surface area contributed by atoms with E-state index in [0.29, 0.717) is 6.42 Å². The van der Waals surface area contributed by atoms with Crippen LogP contribution in [0.15, 0.2) is 65.8 Å². The molecule has 6 rings (SSSR count). The Morgan fingerprint density at radius 3 is 2.34 bits per heavy atom. The van der Waals surface area contributed by atoms with Crippen molar-refractivity contribution in [3.05, 3.63) is 71.9 Å². The van der Waals surface area contributed by atoms with Crippen LogP contribution in [0.2, 0.25) is 0 Å². The van der Waals surface area contributed by atoms with Crippen LogP contribution in [0.5, 0.6) is 0 Å². The summed E-state index contributed by atoms with van der Waals surface area (Å²) in [6, 6.07) is 20.2. The number of aromatic nitrogens is 2. The Morgan fingerprint density at radius 1 is 0.938 bits per heavy atom. The Morgan fingerprint density at radius 2 is 1.62 bits per heavy atom. The molecule has 1 aromatic heterocycles. The zero-order chi connectivity index (χ0) is 21.9. The number of carbonyl (C=O) groups excluding carboxylic acids is 1. The third kappa shape index (κ3) is 2.55. The molecule has 2 atom stereocenters. The van der Waals surface area contributed by atoms with E-state index in [1.54, 1.807) is 5.01 Å². The first-order valence-corrected chi connectivity index (χ1v) is 11.5. The van der Waals surface area contributed by atoms with Crippen molar-refractivity contribution in [2.75, 3.05) is 16.5 Å². The van der Waals surface area contributed by atoms with Gasteiger partial charge in [0.25, 0.3) is 5.91 Å². The Bertz CT molecular complexity index is 1220. The normalized spacial score (nSPS) is 24.5. The smallest absolute Gasteiger partial charge is 0.261 e. The zero-order valence-electron chi connectivity index (χ0n) is 18.5. The van der Waals surface area contributed by atoms with E-state index in [-0.39, 0.29) is 11.9 Å². The average Bonchev–Trinajstić information content (AvgIpc) is 3.30. The predicted octanol–water partition coefficient (Wildman–Crippen LogP) is 4.50. The highest BCUT2D eigenvalue weighted by Gasteiger charge is 2.60. The molecule has 3 aliphatic rings. The lowest BCUT2D eigenvalue weighted by molar-refractivity contribution is -0.125. The van der Waals surface area contributed by atoms with Gasteiger partial charge >= 0.3 is 0 Å². The second-order valence-electron chi connectivity index (χ2n) is 9.13. The van der Waals surface area contributed by atoms with Crippen molar-refractivity contribution in [2.24, 2.45) is 10.5 Å². The van der Waals surface area contributed by atoms with Crippen LogP contribution in [0, 0.1) is 12.3 Å². The van der Waals surface area contributed by atoms with E-state index in [0.717, 1.165) is 54.4 Å². The summed E-state index contributed by atoms with van der Waals surface area (Å²) in [5, 5.41) is 11.4. The molecule has 3 aliphatic heterocycles. The number of fused-ring (bicyclic) bond motifs is 4. The Labute approximate surface area is 188 Å². The van der Waals surface area contributed by atoms with E-state index in [4.69, 9.17) is 10.2 Å². The third-order valence-corrected chi connectivity index (χ3v) is 7.43. The van der Waals surface area contributed by atoms with Gasteiger partial charge in [0.1, 0.15) is 11.2 Å². The summed E-state index contributed by atoms with van der Waals surface area (Å²) in [6.45, 7) is 5.04. The minimum Gasteiger partial charge on any atom is -0.352 e. The van der Waals surface area contributed by atoms with E-state index in [9.17, 15) is 4.79 Å². The number of carbonyl (C=O) groups is 1. The summed E-state index contributed by atoms with van der Waals surface area (Å²) >= 11 is 0. The SMILES string of the molecule is CC1=NN(c2ccccc2)C(=O)[C@@]12Cc1c(C)nn(-c3ccccc3)c1N1CCCC[C@H]12. The van der Waals surface area contributed by atoms with E-state index in [2.05, 4.69) is 28.6 Å². The van der Waals surface area contributed by atoms with Crippen molar-refractivity contribution < 1.29 is 4.79 Å². The van der Waals surface area contributed by atoms with Crippen molar-refractivity contribution in [3.8, 4) is 5.69 Å². The van der Waals surface area contributed by atoms with Crippen LogP contribution in [-0.4, -0.2) is 34.0 Å². The van der Waals surface area contributed by atoms with E-state index in [1.807, 2.05) is 55.5 Å². The molecule has 6 heteroatoms. The molecule has 162 valence electrons. The molecule has 32 heavy (non-hydrogen) atoms. The predicted molar refractivity (Wildman–Crippen MR) is 126 cm³/mol. The number of nitrogens with zero attached hydrogens (tertiary/aromatic N) is 5. The monoisotopic (exact) mass is 425 g/mol. The maximum atomic E-state index is 14.1. The van der Waals surface area contributed by atoms with Crippen molar-refractivity contribution in [2.45, 2.75) is 45.6 Å². The first-order chi connectivity index (χ1) is 15.6. The fourth-order valence-corrected chi connectivity index (χ4v) is 5.85. The molecule has 0 unspecified atom stereocenters. The Hall–Kier alpha value is -3.41. The van der Waals surface area contributed by atoms with Crippen LogP contribution < -0.4 is 9.91 Å². The van der Waals surface area contributed by atoms with Crippen molar-refractivity contribution in [3.63, 3.8) is 0 Å². The zero-order valence-corrected chi connectivity index (χ0v) is 18.5. The van der Waals surface area contributed by atoms with Crippen LogP contribution in [0.25, 0.3) is 5.69 Å². The highest BCUT2D eigenvalue weighted by Crippen LogP contribution is 2.51. The lowest BCUT2D eigenvalue weighted by atomic mass is 9.66. The summed E-state index contributed by atoms with van der Waals surface area (Å²) in [7, 11) is 0. The molecule has 0 bridgehead atoms. The summed E-state index contributed by atoms with van der Waals surface area (Å²) in [6.07, 6.45) is 3.89. The van der Waals surface area contributed by atoms with Gasteiger partial charge in [-0.3, -0.25) is 4.79 Å². The summed E-state index contributed by atoms with van der Waals surface area (Å²) in [4.78, 5) is 16.6. The lowest BCUT2D eigenvalue weighted by Gasteiger charge is -2.50. The number of aryl methyl sites for hydroxylation is 1. The molecule has 0 saturated carbocycles. The first-order valence-electron chi connectivity index (χ1n) is 11.5. The first kappa shape index (κ1) is 19.3. The highest BCUT2D eigenvalue weighted by atomic mass is 16.2. The molecule has 3 aromatic rings. The van der Waals surface area contributed by atoms with E-state index >= 15 is 0 Å². The van der Waals surface area contributed by atoms with Crippen molar-refractivity contribution >= 4 is 23.1 Å². The third-order valence-electron chi connectivity index (χ3n) is 7.43. The van der Waals surface area contributed by atoms with Crippen LogP contribution in [0.1, 0.15) is 37.4 Å². The topological polar surface area (TPSA) is 53.7 Å². The highest BCUT2D eigenvalue weighted by molar-refractivity contribution is 6.20. The number of hydrogen-bond donors (Lipinski definition) is 0. The molecule has 1 fully saturated rings. The number of amides is 1. The van der Waals surface area contributed by atoms with Gasteiger partial charge in [0.2, 0.25) is 0 Å². The van der Waals surface area contributed by atoms with Crippen LogP contribution >= 0.6 is 0 Å². The maximum Gasteiger partial charge on any atom is 0.261 e. The number of piperidine rings is 1. The van der Waals surface area contributed by atoms with Gasteiger partial charge < -0.3 is 4.90 Å². The molecule has 0 N–H and O–H groups in total. The van der Waals surface area contributed by atoms with Crippen LogP contribution in [0.3, 0.4) is 0 Å². The molecule has 4 heterocycles. The van der Waals surface area contributed by atoms with Gasteiger partial charge in [-0.1, -0.05) is 36.4 Å². The summed E-state index contributed by atoms with van der Waals surface area (Å²) < 4.78 is 2.08. The van der Waals surface area contributed by atoms with Gasteiger partial charge in [-0.25, -0.2) is 4.68 Å². The Balaban J connectivity index is 1.51. The van der Waals surface area contributed by atoms with Crippen molar-refractivity contribution in [1.82, 2.24) is 9.78 Å². The van der Waals surface area contributed by atoms with Gasteiger partial charge in [0, 0.05) is 12.1 Å². The van der Waals surface area contributed by atoms with E-state index in [1.165, 1.54) is 5.56 Å². The largest absolute Gasteiger partial charge is 0.352 e. The lowest BCUT2D eigenvalue weighted by Crippen LogP contribution is -2.61. The molecule has 1 amide bonds. The molecule has 0 aliphatic carbocycles. The number of benzene rings is 2. The fraction of sp³-hybridized carbons (Fsp3) is 0.346. The second-order valence-corrected chi connectivity index (χ2v) is 9.13. The number of anilines is 2. The molecular formula is C26H27N5O.